The maximum atomic E-state index is 5.69. The topological polar surface area (TPSA) is 39.1 Å². The molecule has 0 aliphatic carbocycles. The van der Waals surface area contributed by atoms with Crippen LogP contribution in [0.5, 0.6) is 5.75 Å². The minimum absolute atomic E-state index is 0.146. The largest absolute Gasteiger partial charge is 0.494 e. The summed E-state index contributed by atoms with van der Waals surface area (Å²) < 4.78 is 7.59. The zero-order valence-corrected chi connectivity index (χ0v) is 12.5. The van der Waals surface area contributed by atoms with Crippen molar-refractivity contribution in [3.63, 3.8) is 0 Å². The Morgan fingerprint density at radius 3 is 2.55 bits per heavy atom. The van der Waals surface area contributed by atoms with E-state index < -0.39 is 0 Å². The van der Waals surface area contributed by atoms with E-state index in [0.717, 1.165) is 30.9 Å². The number of rotatable bonds is 7. The van der Waals surface area contributed by atoms with E-state index in [-0.39, 0.29) is 6.04 Å². The number of nitrogens with zero attached hydrogens (tertiary/aromatic N) is 2. The van der Waals surface area contributed by atoms with Gasteiger partial charge in [0.2, 0.25) is 0 Å². The van der Waals surface area contributed by atoms with Gasteiger partial charge in [0.05, 0.1) is 18.3 Å². The first-order valence-electron chi connectivity index (χ1n) is 7.14. The average Bonchev–Trinajstić information content (AvgIpc) is 2.88. The normalized spacial score (nSPS) is 12.3. The minimum Gasteiger partial charge on any atom is -0.494 e. The van der Waals surface area contributed by atoms with Gasteiger partial charge in [-0.05, 0) is 37.2 Å². The molecule has 108 valence electrons. The fourth-order valence-electron chi connectivity index (χ4n) is 2.24. The highest BCUT2D eigenvalue weighted by molar-refractivity contribution is 5.33. The van der Waals surface area contributed by atoms with E-state index >= 15 is 0 Å². The second-order valence-corrected chi connectivity index (χ2v) is 4.87. The molecule has 0 amide bonds. The molecule has 2 aromatic rings. The van der Waals surface area contributed by atoms with Gasteiger partial charge in [0.25, 0.3) is 0 Å². The van der Waals surface area contributed by atoms with Gasteiger partial charge in [-0.15, -0.1) is 0 Å². The molecular weight excluding hydrogens is 250 g/mol. The first-order valence-corrected chi connectivity index (χ1v) is 7.14. The summed E-state index contributed by atoms with van der Waals surface area (Å²) in [5.74, 6) is 0.932. The highest BCUT2D eigenvalue weighted by atomic mass is 16.5. The van der Waals surface area contributed by atoms with Gasteiger partial charge < -0.3 is 10.1 Å². The summed E-state index contributed by atoms with van der Waals surface area (Å²) in [6, 6.07) is 10.5. The molecule has 1 aromatic carbocycles. The summed E-state index contributed by atoms with van der Waals surface area (Å²) in [4.78, 5) is 0. The van der Waals surface area contributed by atoms with E-state index in [1.165, 1.54) is 5.56 Å². The second kappa shape index (κ2) is 7.10. The molecule has 1 unspecified atom stereocenters. The maximum Gasteiger partial charge on any atom is 0.119 e. The van der Waals surface area contributed by atoms with Crippen molar-refractivity contribution in [3.05, 3.63) is 47.8 Å². The van der Waals surface area contributed by atoms with Gasteiger partial charge in [-0.25, -0.2) is 0 Å². The highest BCUT2D eigenvalue weighted by Gasteiger charge is 2.15. The average molecular weight is 273 g/mol. The lowest BCUT2D eigenvalue weighted by Gasteiger charge is -2.17. The zero-order chi connectivity index (χ0) is 14.4. The van der Waals surface area contributed by atoms with Crippen LogP contribution in [-0.2, 0) is 7.05 Å². The minimum atomic E-state index is 0.146. The summed E-state index contributed by atoms with van der Waals surface area (Å²) in [7, 11) is 3.92. The molecule has 1 atom stereocenters. The smallest absolute Gasteiger partial charge is 0.119 e. The van der Waals surface area contributed by atoms with E-state index in [4.69, 9.17) is 4.74 Å². The van der Waals surface area contributed by atoms with Gasteiger partial charge in [-0.2, -0.15) is 5.10 Å². The highest BCUT2D eigenvalue weighted by Crippen LogP contribution is 2.23. The van der Waals surface area contributed by atoms with Gasteiger partial charge in [-0.3, -0.25) is 4.68 Å². The van der Waals surface area contributed by atoms with E-state index in [1.54, 1.807) is 0 Å². The molecule has 1 heterocycles. The first kappa shape index (κ1) is 14.6. The molecular formula is C16H23N3O. The van der Waals surface area contributed by atoms with Gasteiger partial charge in [0.1, 0.15) is 5.75 Å². The number of hydrogen-bond donors (Lipinski definition) is 1. The Labute approximate surface area is 120 Å². The first-order chi connectivity index (χ1) is 9.76. The van der Waals surface area contributed by atoms with Crippen LogP contribution in [0.1, 0.15) is 37.1 Å². The number of nitrogens with one attached hydrogen (secondary N) is 1. The molecule has 0 spiro atoms. The summed E-state index contributed by atoms with van der Waals surface area (Å²) in [6.45, 7) is 2.95. The fraction of sp³-hybridized carbons (Fsp3) is 0.438. The zero-order valence-electron chi connectivity index (χ0n) is 12.5. The Hall–Kier alpha value is -1.81. The molecule has 1 N–H and O–H groups in total. The Bertz CT molecular complexity index is 519. The number of hydrogen-bond acceptors (Lipinski definition) is 3. The lowest BCUT2D eigenvalue weighted by molar-refractivity contribution is 0.309. The van der Waals surface area contributed by atoms with Crippen LogP contribution >= 0.6 is 0 Å². The molecule has 4 heteroatoms. The van der Waals surface area contributed by atoms with E-state index in [9.17, 15) is 0 Å². The molecule has 0 aliphatic rings. The maximum absolute atomic E-state index is 5.69. The number of benzene rings is 1. The van der Waals surface area contributed by atoms with Crippen molar-refractivity contribution in [1.82, 2.24) is 15.1 Å². The second-order valence-electron chi connectivity index (χ2n) is 4.87. The van der Waals surface area contributed by atoms with Crippen LogP contribution in [0.4, 0.5) is 0 Å². The summed E-state index contributed by atoms with van der Waals surface area (Å²) >= 11 is 0. The van der Waals surface area contributed by atoms with Gasteiger partial charge in [-0.1, -0.05) is 25.5 Å². The van der Waals surface area contributed by atoms with Gasteiger partial charge in [0, 0.05) is 13.2 Å². The van der Waals surface area contributed by atoms with Crippen molar-refractivity contribution < 1.29 is 4.74 Å². The molecule has 20 heavy (non-hydrogen) atoms. The van der Waals surface area contributed by atoms with Crippen LogP contribution < -0.4 is 10.1 Å². The standard InChI is InChI=1S/C16H23N3O/c1-4-5-12-20-14-8-6-13(7-9-14)16(17-2)15-10-11-18-19(15)3/h6-11,16-17H,4-5,12H2,1-3H3. The van der Waals surface area contributed by atoms with Crippen molar-refractivity contribution >= 4 is 0 Å². The van der Waals surface area contributed by atoms with Crippen LogP contribution in [0.2, 0.25) is 0 Å². The summed E-state index contributed by atoms with van der Waals surface area (Å²) in [5.41, 5.74) is 2.35. The predicted octanol–water partition coefficient (Wildman–Crippen LogP) is 2.91. The van der Waals surface area contributed by atoms with Crippen molar-refractivity contribution in [1.29, 1.82) is 0 Å². The molecule has 0 bridgehead atoms. The number of unbranched alkanes of at least 4 members (excludes halogenated alkanes) is 1. The fourth-order valence-corrected chi connectivity index (χ4v) is 2.24. The van der Waals surface area contributed by atoms with Crippen molar-refractivity contribution in [2.45, 2.75) is 25.8 Å². The van der Waals surface area contributed by atoms with Crippen LogP contribution in [0.25, 0.3) is 0 Å². The Morgan fingerprint density at radius 2 is 2.00 bits per heavy atom. The third-order valence-corrected chi connectivity index (χ3v) is 3.42. The number of aromatic nitrogens is 2. The monoisotopic (exact) mass is 273 g/mol. The third-order valence-electron chi connectivity index (χ3n) is 3.42. The molecule has 0 radical (unpaired) electrons. The molecule has 2 rings (SSSR count). The van der Waals surface area contributed by atoms with E-state index in [2.05, 4.69) is 29.5 Å². The Kier molecular flexibility index (Phi) is 5.18. The van der Waals surface area contributed by atoms with Crippen LogP contribution in [0.15, 0.2) is 36.5 Å². The van der Waals surface area contributed by atoms with Crippen molar-refractivity contribution in [3.8, 4) is 5.75 Å². The summed E-state index contributed by atoms with van der Waals surface area (Å²) in [5, 5.41) is 7.56. The van der Waals surface area contributed by atoms with Gasteiger partial charge >= 0.3 is 0 Å². The molecule has 0 saturated heterocycles. The Balaban J connectivity index is 2.10. The van der Waals surface area contributed by atoms with E-state index in [0.29, 0.717) is 0 Å². The quantitative estimate of drug-likeness (QED) is 0.788. The Morgan fingerprint density at radius 1 is 1.25 bits per heavy atom. The molecule has 0 fully saturated rings. The van der Waals surface area contributed by atoms with Crippen molar-refractivity contribution in [2.24, 2.45) is 7.05 Å². The summed E-state index contributed by atoms with van der Waals surface area (Å²) in [6.07, 6.45) is 4.07. The molecule has 1 aromatic heterocycles. The predicted molar refractivity (Wildman–Crippen MR) is 81.0 cm³/mol. The van der Waals surface area contributed by atoms with Crippen molar-refractivity contribution in [2.75, 3.05) is 13.7 Å². The van der Waals surface area contributed by atoms with E-state index in [1.807, 2.05) is 43.2 Å². The lowest BCUT2D eigenvalue weighted by Crippen LogP contribution is -2.20. The van der Waals surface area contributed by atoms with Crippen LogP contribution in [0.3, 0.4) is 0 Å². The molecule has 0 saturated carbocycles. The van der Waals surface area contributed by atoms with Crippen LogP contribution in [-0.4, -0.2) is 23.4 Å². The lowest BCUT2D eigenvalue weighted by atomic mass is 10.0. The molecule has 4 nitrogen and oxygen atoms in total. The number of aryl methyl sites for hydroxylation is 1. The van der Waals surface area contributed by atoms with Crippen LogP contribution in [0, 0.1) is 0 Å². The third kappa shape index (κ3) is 3.39. The van der Waals surface area contributed by atoms with Gasteiger partial charge in [0.15, 0.2) is 0 Å². The number of ether oxygens (including phenoxy) is 1. The SMILES string of the molecule is CCCCOc1ccc(C(NC)c2ccnn2C)cc1. The molecule has 0 aliphatic heterocycles.